The van der Waals surface area contributed by atoms with Gasteiger partial charge >= 0.3 is 0 Å². The van der Waals surface area contributed by atoms with Crippen molar-refractivity contribution < 1.29 is 4.42 Å². The van der Waals surface area contributed by atoms with Crippen LogP contribution in [-0.2, 0) is 18.4 Å². The molecule has 0 saturated carbocycles. The van der Waals surface area contributed by atoms with Crippen LogP contribution in [0.15, 0.2) is 40.0 Å². The summed E-state index contributed by atoms with van der Waals surface area (Å²) < 4.78 is 7.80. The van der Waals surface area contributed by atoms with E-state index in [0.717, 1.165) is 42.6 Å². The number of aryl methyl sites for hydroxylation is 1. The van der Waals surface area contributed by atoms with Crippen LogP contribution in [0.4, 0.5) is 0 Å². The fourth-order valence-corrected chi connectivity index (χ4v) is 2.63. The smallest absolute Gasteiger partial charge is 0.213 e. The third-order valence-corrected chi connectivity index (χ3v) is 4.18. The zero-order chi connectivity index (χ0) is 19.3. The molecule has 3 heterocycles. The van der Waals surface area contributed by atoms with E-state index in [1.54, 1.807) is 13.2 Å². The Hall–Kier alpha value is -2.17. The summed E-state index contributed by atoms with van der Waals surface area (Å²) in [6.07, 6.45) is 5.53. The molecule has 0 aliphatic carbocycles. The van der Waals surface area contributed by atoms with Crippen molar-refractivity contribution in [2.75, 3.05) is 13.6 Å². The molecule has 2 N–H and O–H groups in total. The van der Waals surface area contributed by atoms with Gasteiger partial charge in [-0.25, -0.2) is 4.98 Å². The minimum absolute atomic E-state index is 0. The average Bonchev–Trinajstić information content (AvgIpc) is 3.28. The van der Waals surface area contributed by atoms with Crippen molar-refractivity contribution in [2.45, 2.75) is 45.6 Å². The van der Waals surface area contributed by atoms with Crippen LogP contribution in [0.3, 0.4) is 0 Å². The van der Waals surface area contributed by atoms with Gasteiger partial charge in [0.1, 0.15) is 11.6 Å². The Kier molecular flexibility index (Phi) is 7.78. The Morgan fingerprint density at radius 1 is 1.21 bits per heavy atom. The van der Waals surface area contributed by atoms with Gasteiger partial charge in [0, 0.05) is 31.6 Å². The summed E-state index contributed by atoms with van der Waals surface area (Å²) in [5, 5.41) is 14.9. The highest BCUT2D eigenvalue weighted by atomic mass is 127. The molecule has 0 amide bonds. The number of aromatic nitrogens is 4. The predicted molar refractivity (Wildman–Crippen MR) is 120 cm³/mol. The van der Waals surface area contributed by atoms with Crippen LogP contribution in [0.25, 0.3) is 5.65 Å². The number of aliphatic imine (C=N–C) groups is 1. The second kappa shape index (κ2) is 9.85. The molecule has 3 aromatic heterocycles. The van der Waals surface area contributed by atoms with Crippen LogP contribution in [0, 0.1) is 0 Å². The molecule has 152 valence electrons. The SMILES string of the molecule is CN=C(NCCCc1nnc2ccccn12)NCc1ncc(C(C)(C)C)o1.I. The molecular weight excluding hydrogens is 469 g/mol. The molecule has 9 heteroatoms. The van der Waals surface area contributed by atoms with Crippen molar-refractivity contribution in [3.63, 3.8) is 0 Å². The van der Waals surface area contributed by atoms with Gasteiger partial charge in [-0.3, -0.25) is 9.39 Å². The molecule has 0 aliphatic heterocycles. The predicted octanol–water partition coefficient (Wildman–Crippen LogP) is 2.93. The molecule has 0 bridgehead atoms. The number of fused-ring (bicyclic) bond motifs is 1. The molecule has 0 spiro atoms. The molecule has 3 rings (SSSR count). The zero-order valence-corrected chi connectivity index (χ0v) is 19.1. The third-order valence-electron chi connectivity index (χ3n) is 4.18. The standard InChI is InChI=1S/C19H27N7O.HI/c1-19(2,3)14-12-22-17(27-14)13-23-18(20-4)21-10-7-9-16-25-24-15-8-5-6-11-26(15)16;/h5-6,8,11-12H,7,9-10,13H2,1-4H3,(H2,20,21,23);1H. The number of guanidine groups is 1. The monoisotopic (exact) mass is 497 g/mol. The summed E-state index contributed by atoms with van der Waals surface area (Å²) in [7, 11) is 1.75. The summed E-state index contributed by atoms with van der Waals surface area (Å²) in [6.45, 7) is 7.57. The summed E-state index contributed by atoms with van der Waals surface area (Å²) in [5.41, 5.74) is 0.829. The number of rotatable bonds is 6. The van der Waals surface area contributed by atoms with Gasteiger partial charge in [0.25, 0.3) is 0 Å². The molecule has 0 radical (unpaired) electrons. The maximum absolute atomic E-state index is 5.78. The van der Waals surface area contributed by atoms with Gasteiger partial charge in [-0.2, -0.15) is 0 Å². The first-order valence-corrected chi connectivity index (χ1v) is 9.16. The number of oxazole rings is 1. The van der Waals surface area contributed by atoms with Gasteiger partial charge < -0.3 is 15.1 Å². The number of pyridine rings is 1. The Morgan fingerprint density at radius 2 is 2.04 bits per heavy atom. The molecule has 0 unspecified atom stereocenters. The highest BCUT2D eigenvalue weighted by Gasteiger charge is 2.19. The van der Waals surface area contributed by atoms with Crippen LogP contribution in [0.1, 0.15) is 44.7 Å². The van der Waals surface area contributed by atoms with E-state index in [2.05, 4.69) is 51.6 Å². The number of halogens is 1. The van der Waals surface area contributed by atoms with Crippen molar-refractivity contribution in [1.82, 2.24) is 30.2 Å². The second-order valence-electron chi connectivity index (χ2n) is 7.37. The maximum Gasteiger partial charge on any atom is 0.213 e. The fourth-order valence-electron chi connectivity index (χ4n) is 2.63. The lowest BCUT2D eigenvalue weighted by Crippen LogP contribution is -2.37. The topological polar surface area (TPSA) is 92.6 Å². The maximum atomic E-state index is 5.78. The molecule has 0 aliphatic rings. The number of hydrogen-bond donors (Lipinski definition) is 2. The van der Waals surface area contributed by atoms with Crippen molar-refractivity contribution in [2.24, 2.45) is 4.99 Å². The molecule has 0 aromatic carbocycles. The first-order valence-electron chi connectivity index (χ1n) is 9.16. The lowest BCUT2D eigenvalue weighted by atomic mass is 9.94. The quantitative estimate of drug-likeness (QED) is 0.236. The lowest BCUT2D eigenvalue weighted by Gasteiger charge is -2.13. The van der Waals surface area contributed by atoms with Gasteiger partial charge in [-0.05, 0) is 18.6 Å². The number of nitrogens with zero attached hydrogens (tertiary/aromatic N) is 5. The van der Waals surface area contributed by atoms with Crippen LogP contribution in [-0.4, -0.2) is 39.1 Å². The van der Waals surface area contributed by atoms with E-state index in [1.165, 1.54) is 0 Å². The van der Waals surface area contributed by atoms with Gasteiger partial charge in [-0.1, -0.05) is 26.8 Å². The lowest BCUT2D eigenvalue weighted by molar-refractivity contribution is 0.379. The Bertz CT molecular complexity index is 910. The summed E-state index contributed by atoms with van der Waals surface area (Å²) in [5.74, 6) is 3.21. The molecule has 28 heavy (non-hydrogen) atoms. The molecule has 8 nitrogen and oxygen atoms in total. The molecule has 0 atom stereocenters. The van der Waals surface area contributed by atoms with E-state index in [0.29, 0.717) is 12.4 Å². The first-order chi connectivity index (χ1) is 13.0. The third kappa shape index (κ3) is 5.66. The number of nitrogens with one attached hydrogen (secondary N) is 2. The molecule has 0 saturated heterocycles. The zero-order valence-electron chi connectivity index (χ0n) is 16.8. The normalized spacial score (nSPS) is 12.1. The van der Waals surface area contributed by atoms with E-state index >= 15 is 0 Å². The highest BCUT2D eigenvalue weighted by molar-refractivity contribution is 14.0. The van der Waals surface area contributed by atoms with Crippen LogP contribution >= 0.6 is 24.0 Å². The molecule has 3 aromatic rings. The van der Waals surface area contributed by atoms with Gasteiger partial charge in [0.15, 0.2) is 11.6 Å². The van der Waals surface area contributed by atoms with Crippen molar-refractivity contribution >= 4 is 35.6 Å². The average molecular weight is 497 g/mol. The Balaban J connectivity index is 0.00000280. The summed E-state index contributed by atoms with van der Waals surface area (Å²) >= 11 is 0. The van der Waals surface area contributed by atoms with Gasteiger partial charge in [0.05, 0.1) is 12.7 Å². The van der Waals surface area contributed by atoms with Gasteiger partial charge in [0.2, 0.25) is 5.89 Å². The fraction of sp³-hybridized carbons (Fsp3) is 0.474. The second-order valence-corrected chi connectivity index (χ2v) is 7.37. The van der Waals surface area contributed by atoms with E-state index < -0.39 is 0 Å². The minimum Gasteiger partial charge on any atom is -0.443 e. The molecular formula is C19H28IN7O. The van der Waals surface area contributed by atoms with Crippen LogP contribution < -0.4 is 10.6 Å². The highest BCUT2D eigenvalue weighted by Crippen LogP contribution is 2.22. The van der Waals surface area contributed by atoms with Gasteiger partial charge in [-0.15, -0.1) is 34.2 Å². The molecule has 0 fully saturated rings. The van der Waals surface area contributed by atoms with Crippen LogP contribution in [0.2, 0.25) is 0 Å². The summed E-state index contributed by atoms with van der Waals surface area (Å²) in [6, 6.07) is 5.90. The Morgan fingerprint density at radius 3 is 2.75 bits per heavy atom. The van der Waals surface area contributed by atoms with Crippen molar-refractivity contribution in [1.29, 1.82) is 0 Å². The Labute approximate surface area is 182 Å². The number of hydrogen-bond acceptors (Lipinski definition) is 5. The van der Waals surface area contributed by atoms with E-state index in [4.69, 9.17) is 4.42 Å². The minimum atomic E-state index is -0.0446. The van der Waals surface area contributed by atoms with E-state index in [-0.39, 0.29) is 29.4 Å². The van der Waals surface area contributed by atoms with E-state index in [1.807, 2.05) is 28.8 Å². The van der Waals surface area contributed by atoms with E-state index in [9.17, 15) is 0 Å². The van der Waals surface area contributed by atoms with Crippen LogP contribution in [0.5, 0.6) is 0 Å². The first kappa shape index (κ1) is 22.1. The largest absolute Gasteiger partial charge is 0.443 e. The van der Waals surface area contributed by atoms with Crippen molar-refractivity contribution in [3.05, 3.63) is 48.1 Å². The summed E-state index contributed by atoms with van der Waals surface area (Å²) in [4.78, 5) is 8.55. The van der Waals surface area contributed by atoms with Crippen molar-refractivity contribution in [3.8, 4) is 0 Å².